The molecule has 7 nitrogen and oxygen atoms in total. The Bertz CT molecular complexity index is 1110. The van der Waals surface area contributed by atoms with Crippen molar-refractivity contribution in [3.63, 3.8) is 0 Å². The minimum absolute atomic E-state index is 0.0113. The second kappa shape index (κ2) is 8.63. The third-order valence-electron chi connectivity index (χ3n) is 5.50. The molecule has 1 saturated heterocycles. The monoisotopic (exact) mass is 415 g/mol. The zero-order valence-corrected chi connectivity index (χ0v) is 17.8. The second-order valence-electron chi connectivity index (χ2n) is 8.10. The quantitative estimate of drug-likeness (QED) is 0.668. The van der Waals surface area contributed by atoms with E-state index in [1.165, 1.54) is 0 Å². The molecule has 0 aliphatic carbocycles. The summed E-state index contributed by atoms with van der Waals surface area (Å²) in [6, 6.07) is 9.49. The minimum Gasteiger partial charge on any atom is -0.355 e. The number of rotatable bonds is 5. The molecule has 2 atom stereocenters. The highest BCUT2D eigenvalue weighted by atomic mass is 16.2. The van der Waals surface area contributed by atoms with Crippen LogP contribution in [0.5, 0.6) is 0 Å². The summed E-state index contributed by atoms with van der Waals surface area (Å²) in [7, 11) is 0. The Morgan fingerprint density at radius 1 is 1.10 bits per heavy atom. The summed E-state index contributed by atoms with van der Waals surface area (Å²) in [5, 5.41) is 5.81. The number of hydrogen-bond acceptors (Lipinski definition) is 5. The molecular weight excluding hydrogens is 390 g/mol. The fraction of sp³-hybridized carbons (Fsp3) is 0.292. The van der Waals surface area contributed by atoms with Crippen LogP contribution in [0.2, 0.25) is 0 Å². The van der Waals surface area contributed by atoms with Crippen molar-refractivity contribution in [2.45, 2.75) is 33.2 Å². The molecule has 4 rings (SSSR count). The average molecular weight is 415 g/mol. The first kappa shape index (κ1) is 20.7. The zero-order chi connectivity index (χ0) is 22.0. The molecular formula is C24H25N5O2. The van der Waals surface area contributed by atoms with Crippen LogP contribution in [0.15, 0.2) is 48.9 Å². The molecule has 0 saturated carbocycles. The maximum absolute atomic E-state index is 13.0. The number of aromatic nitrogens is 3. The SMILES string of the molecule is Cc1ccc(-c2cc(C(=O)NCc3cnc(C)cn3)cc([C@@H]3C(=O)NCC3C)c2)nc1. The van der Waals surface area contributed by atoms with E-state index in [-0.39, 0.29) is 30.2 Å². The molecule has 7 heteroatoms. The highest BCUT2D eigenvalue weighted by Gasteiger charge is 2.33. The number of benzene rings is 1. The van der Waals surface area contributed by atoms with Crippen molar-refractivity contribution in [2.75, 3.05) is 6.54 Å². The Kier molecular flexibility index (Phi) is 5.75. The van der Waals surface area contributed by atoms with Crippen molar-refractivity contribution >= 4 is 11.8 Å². The van der Waals surface area contributed by atoms with Crippen molar-refractivity contribution in [2.24, 2.45) is 5.92 Å². The van der Waals surface area contributed by atoms with Crippen LogP contribution in [-0.4, -0.2) is 33.3 Å². The molecule has 1 fully saturated rings. The number of amides is 2. The average Bonchev–Trinajstić information content (AvgIpc) is 3.11. The van der Waals surface area contributed by atoms with E-state index >= 15 is 0 Å². The maximum Gasteiger partial charge on any atom is 0.251 e. The first-order chi connectivity index (χ1) is 14.9. The number of nitrogens with zero attached hydrogens (tertiary/aromatic N) is 3. The number of carbonyl (C=O) groups is 2. The van der Waals surface area contributed by atoms with Gasteiger partial charge in [-0.05, 0) is 55.2 Å². The van der Waals surface area contributed by atoms with Gasteiger partial charge in [0.1, 0.15) is 0 Å². The molecule has 3 heterocycles. The van der Waals surface area contributed by atoms with Crippen molar-refractivity contribution in [3.05, 3.63) is 77.0 Å². The third kappa shape index (κ3) is 4.60. The highest BCUT2D eigenvalue weighted by Crippen LogP contribution is 2.32. The lowest BCUT2D eigenvalue weighted by Gasteiger charge is -2.16. The molecule has 31 heavy (non-hydrogen) atoms. The molecule has 2 N–H and O–H groups in total. The molecule has 0 radical (unpaired) electrons. The summed E-state index contributed by atoms with van der Waals surface area (Å²) < 4.78 is 0. The molecule has 2 aromatic heterocycles. The van der Waals surface area contributed by atoms with Crippen LogP contribution in [0.4, 0.5) is 0 Å². The van der Waals surface area contributed by atoms with Gasteiger partial charge in [0.05, 0.1) is 35.7 Å². The Hall–Kier alpha value is -3.61. The fourth-order valence-electron chi connectivity index (χ4n) is 3.76. The predicted octanol–water partition coefficient (Wildman–Crippen LogP) is 2.93. The van der Waals surface area contributed by atoms with E-state index in [1.54, 1.807) is 24.7 Å². The lowest BCUT2D eigenvalue weighted by atomic mass is 9.87. The molecule has 0 bridgehead atoms. The first-order valence-electron chi connectivity index (χ1n) is 10.3. The summed E-state index contributed by atoms with van der Waals surface area (Å²) in [4.78, 5) is 38.4. The van der Waals surface area contributed by atoms with Gasteiger partial charge in [-0.3, -0.25) is 24.5 Å². The molecule has 1 aromatic carbocycles. The highest BCUT2D eigenvalue weighted by molar-refractivity contribution is 5.96. The van der Waals surface area contributed by atoms with E-state index in [4.69, 9.17) is 0 Å². The summed E-state index contributed by atoms with van der Waals surface area (Å²) >= 11 is 0. The van der Waals surface area contributed by atoms with Gasteiger partial charge in [-0.1, -0.05) is 13.0 Å². The Morgan fingerprint density at radius 3 is 2.58 bits per heavy atom. The fourth-order valence-corrected chi connectivity index (χ4v) is 3.76. The number of pyridine rings is 1. The van der Waals surface area contributed by atoms with Crippen LogP contribution in [0.25, 0.3) is 11.3 Å². The van der Waals surface area contributed by atoms with Gasteiger partial charge < -0.3 is 10.6 Å². The van der Waals surface area contributed by atoms with Gasteiger partial charge >= 0.3 is 0 Å². The zero-order valence-electron chi connectivity index (χ0n) is 17.8. The third-order valence-corrected chi connectivity index (χ3v) is 5.50. The number of carbonyl (C=O) groups excluding carboxylic acids is 2. The number of hydrogen-bond donors (Lipinski definition) is 2. The number of aryl methyl sites for hydroxylation is 2. The van der Waals surface area contributed by atoms with Crippen LogP contribution in [0.1, 0.15) is 45.7 Å². The van der Waals surface area contributed by atoms with Gasteiger partial charge in [-0.25, -0.2) is 0 Å². The van der Waals surface area contributed by atoms with Crippen LogP contribution >= 0.6 is 0 Å². The van der Waals surface area contributed by atoms with Gasteiger partial charge in [0.25, 0.3) is 5.91 Å². The lowest BCUT2D eigenvalue weighted by molar-refractivity contribution is -0.120. The molecule has 1 unspecified atom stereocenters. The van der Waals surface area contributed by atoms with Crippen LogP contribution in [0.3, 0.4) is 0 Å². The van der Waals surface area contributed by atoms with Crippen LogP contribution < -0.4 is 10.6 Å². The summed E-state index contributed by atoms with van der Waals surface area (Å²) in [5.74, 6) is -0.390. The number of nitrogens with one attached hydrogen (secondary N) is 2. The summed E-state index contributed by atoms with van der Waals surface area (Å²) in [6.07, 6.45) is 5.12. The standard InChI is InChI=1S/C24H25N5O2/c1-14-4-5-21(27-9-14)17-6-18(22-15(2)10-28-24(22)31)8-19(7-17)23(30)29-13-20-12-25-16(3)11-26-20/h4-9,11-12,15,22H,10,13H2,1-3H3,(H,28,31)(H,29,30)/t15?,22-/m1/s1. The Morgan fingerprint density at radius 2 is 1.94 bits per heavy atom. The molecule has 1 aliphatic rings. The van der Waals surface area contributed by atoms with Gasteiger partial charge in [-0.15, -0.1) is 0 Å². The lowest BCUT2D eigenvalue weighted by Crippen LogP contribution is -2.24. The van der Waals surface area contributed by atoms with E-state index < -0.39 is 0 Å². The van der Waals surface area contributed by atoms with Crippen LogP contribution in [-0.2, 0) is 11.3 Å². The van der Waals surface area contributed by atoms with Crippen molar-refractivity contribution in [1.82, 2.24) is 25.6 Å². The summed E-state index contributed by atoms with van der Waals surface area (Å²) in [5.41, 5.74) is 5.44. The molecule has 3 aromatic rings. The minimum atomic E-state index is -0.292. The molecule has 0 spiro atoms. The Labute approximate surface area is 181 Å². The maximum atomic E-state index is 13.0. The summed E-state index contributed by atoms with van der Waals surface area (Å²) in [6.45, 7) is 6.78. The normalized spacial score (nSPS) is 18.0. The first-order valence-corrected chi connectivity index (χ1v) is 10.3. The van der Waals surface area contributed by atoms with Gasteiger partial charge in [0.2, 0.25) is 5.91 Å². The van der Waals surface area contributed by atoms with E-state index in [1.807, 2.05) is 45.0 Å². The van der Waals surface area contributed by atoms with Gasteiger partial charge in [0, 0.05) is 30.1 Å². The molecule has 2 amide bonds. The Balaban J connectivity index is 1.66. The van der Waals surface area contributed by atoms with E-state index in [2.05, 4.69) is 25.6 Å². The largest absolute Gasteiger partial charge is 0.355 e. The van der Waals surface area contributed by atoms with E-state index in [0.29, 0.717) is 17.8 Å². The molecule has 1 aliphatic heterocycles. The van der Waals surface area contributed by atoms with Crippen molar-refractivity contribution in [1.29, 1.82) is 0 Å². The van der Waals surface area contributed by atoms with Gasteiger partial charge in [-0.2, -0.15) is 0 Å². The van der Waals surface area contributed by atoms with E-state index in [9.17, 15) is 9.59 Å². The topological polar surface area (TPSA) is 96.9 Å². The smallest absolute Gasteiger partial charge is 0.251 e. The second-order valence-corrected chi connectivity index (χ2v) is 8.10. The van der Waals surface area contributed by atoms with Crippen molar-refractivity contribution in [3.8, 4) is 11.3 Å². The van der Waals surface area contributed by atoms with E-state index in [0.717, 1.165) is 28.1 Å². The predicted molar refractivity (Wildman–Crippen MR) is 117 cm³/mol. The molecule has 158 valence electrons. The van der Waals surface area contributed by atoms with Gasteiger partial charge in [0.15, 0.2) is 0 Å². The van der Waals surface area contributed by atoms with Crippen LogP contribution in [0, 0.1) is 19.8 Å². The van der Waals surface area contributed by atoms with Crippen molar-refractivity contribution < 1.29 is 9.59 Å².